The highest BCUT2D eigenvalue weighted by molar-refractivity contribution is 5.91. The van der Waals surface area contributed by atoms with Crippen molar-refractivity contribution < 1.29 is 14.6 Å². The van der Waals surface area contributed by atoms with Gasteiger partial charge >= 0.3 is 5.97 Å². The van der Waals surface area contributed by atoms with E-state index in [4.69, 9.17) is 4.74 Å². The van der Waals surface area contributed by atoms with Gasteiger partial charge < -0.3 is 9.84 Å². The summed E-state index contributed by atoms with van der Waals surface area (Å²) in [5.74, 6) is 0.0837. The molecule has 138 valence electrons. The van der Waals surface area contributed by atoms with E-state index in [1.54, 1.807) is 6.07 Å². The van der Waals surface area contributed by atoms with Gasteiger partial charge in [-0.1, -0.05) is 36.4 Å². The Morgan fingerprint density at radius 1 is 1.15 bits per heavy atom. The minimum atomic E-state index is -0.388. The van der Waals surface area contributed by atoms with Crippen molar-refractivity contribution in [2.24, 2.45) is 0 Å². The second kappa shape index (κ2) is 8.47. The van der Waals surface area contributed by atoms with Crippen molar-refractivity contribution in [2.75, 3.05) is 20.2 Å². The molecule has 0 bridgehead atoms. The van der Waals surface area contributed by atoms with Gasteiger partial charge in [-0.3, -0.25) is 4.90 Å². The third-order valence-electron chi connectivity index (χ3n) is 5.48. The lowest BCUT2D eigenvalue weighted by molar-refractivity contribution is 0.0597. The van der Waals surface area contributed by atoms with Gasteiger partial charge in [-0.2, -0.15) is 0 Å². The summed E-state index contributed by atoms with van der Waals surface area (Å²) in [7, 11) is 1.37. The van der Waals surface area contributed by atoms with Crippen LogP contribution in [0.5, 0.6) is 0 Å². The third kappa shape index (κ3) is 3.97. The molecule has 4 nitrogen and oxygen atoms in total. The largest absolute Gasteiger partial charge is 0.465 e. The molecule has 26 heavy (non-hydrogen) atoms. The average molecular weight is 353 g/mol. The van der Waals surface area contributed by atoms with Crippen LogP contribution in [0.25, 0.3) is 0 Å². The van der Waals surface area contributed by atoms with Gasteiger partial charge in [-0.05, 0) is 67.1 Å². The summed E-state index contributed by atoms with van der Waals surface area (Å²) in [6.07, 6.45) is 2.19. The van der Waals surface area contributed by atoms with E-state index in [-0.39, 0.29) is 12.6 Å². The molecule has 1 fully saturated rings. The van der Waals surface area contributed by atoms with E-state index in [0.717, 1.165) is 38.0 Å². The van der Waals surface area contributed by atoms with Crippen molar-refractivity contribution in [3.8, 4) is 0 Å². The molecule has 1 saturated heterocycles. The molecule has 2 aromatic carbocycles. The summed E-state index contributed by atoms with van der Waals surface area (Å²) in [5.41, 5.74) is 4.80. The standard InChI is InChI=1S/C22H27NO3/c1-16-19(8-9-20(21(16)15-24)22(25)26-2)18-10-12-23(13-11-18)14-17-6-4-3-5-7-17/h3-9,18,24H,10-15H2,1-2H3. The highest BCUT2D eigenvalue weighted by Crippen LogP contribution is 2.33. The van der Waals surface area contributed by atoms with E-state index in [9.17, 15) is 9.90 Å². The quantitative estimate of drug-likeness (QED) is 0.834. The predicted molar refractivity (Wildman–Crippen MR) is 102 cm³/mol. The molecule has 0 radical (unpaired) electrons. The zero-order chi connectivity index (χ0) is 18.5. The molecule has 1 N–H and O–H groups in total. The van der Waals surface area contributed by atoms with E-state index in [0.29, 0.717) is 17.0 Å². The maximum absolute atomic E-state index is 11.9. The van der Waals surface area contributed by atoms with Crippen molar-refractivity contribution >= 4 is 5.97 Å². The summed E-state index contributed by atoms with van der Waals surface area (Å²) >= 11 is 0. The molecule has 0 saturated carbocycles. The number of likely N-dealkylation sites (tertiary alicyclic amines) is 1. The third-order valence-corrected chi connectivity index (χ3v) is 5.48. The number of methoxy groups -OCH3 is 1. The average Bonchev–Trinajstić information content (AvgIpc) is 2.68. The fraction of sp³-hybridized carbons (Fsp3) is 0.409. The van der Waals surface area contributed by atoms with Gasteiger partial charge in [0.15, 0.2) is 0 Å². The maximum Gasteiger partial charge on any atom is 0.338 e. The van der Waals surface area contributed by atoms with Crippen LogP contribution in [0.2, 0.25) is 0 Å². The smallest absolute Gasteiger partial charge is 0.338 e. The molecule has 1 heterocycles. The molecule has 3 rings (SSSR count). The highest BCUT2D eigenvalue weighted by atomic mass is 16.5. The summed E-state index contributed by atoms with van der Waals surface area (Å²) in [4.78, 5) is 14.4. The van der Waals surface area contributed by atoms with Gasteiger partial charge in [-0.25, -0.2) is 4.79 Å². The molecule has 0 amide bonds. The minimum absolute atomic E-state index is 0.142. The van der Waals surface area contributed by atoms with Gasteiger partial charge in [0, 0.05) is 6.54 Å². The van der Waals surface area contributed by atoms with Crippen LogP contribution in [0.15, 0.2) is 42.5 Å². The van der Waals surface area contributed by atoms with Gasteiger partial charge in [0.05, 0.1) is 19.3 Å². The molecule has 4 heteroatoms. The molecule has 0 aliphatic carbocycles. The fourth-order valence-electron chi connectivity index (χ4n) is 3.97. The SMILES string of the molecule is COC(=O)c1ccc(C2CCN(Cc3ccccc3)CC2)c(C)c1CO. The van der Waals surface area contributed by atoms with Crippen LogP contribution in [0.4, 0.5) is 0 Å². The van der Waals surface area contributed by atoms with Crippen LogP contribution >= 0.6 is 0 Å². The molecule has 2 aromatic rings. The van der Waals surface area contributed by atoms with Gasteiger partial charge in [0.1, 0.15) is 0 Å². The Hall–Kier alpha value is -2.17. The van der Waals surface area contributed by atoms with E-state index >= 15 is 0 Å². The number of benzene rings is 2. The van der Waals surface area contributed by atoms with Crippen molar-refractivity contribution in [3.63, 3.8) is 0 Å². The lowest BCUT2D eigenvalue weighted by Crippen LogP contribution is -2.32. The van der Waals surface area contributed by atoms with Crippen molar-refractivity contribution in [2.45, 2.75) is 38.8 Å². The Morgan fingerprint density at radius 2 is 1.85 bits per heavy atom. The number of ether oxygens (including phenoxy) is 1. The highest BCUT2D eigenvalue weighted by Gasteiger charge is 2.24. The van der Waals surface area contributed by atoms with Crippen LogP contribution in [0.3, 0.4) is 0 Å². The number of rotatable bonds is 5. The molecule has 1 aliphatic heterocycles. The summed E-state index contributed by atoms with van der Waals surface area (Å²) in [6.45, 7) is 4.98. The topological polar surface area (TPSA) is 49.8 Å². The normalized spacial score (nSPS) is 15.8. The summed E-state index contributed by atoms with van der Waals surface area (Å²) < 4.78 is 4.83. The molecule has 0 unspecified atom stereocenters. The molecule has 0 atom stereocenters. The Balaban J connectivity index is 1.70. The zero-order valence-corrected chi connectivity index (χ0v) is 15.6. The lowest BCUT2D eigenvalue weighted by Gasteiger charge is -2.33. The first-order valence-electron chi connectivity index (χ1n) is 9.22. The van der Waals surface area contributed by atoms with Crippen molar-refractivity contribution in [1.29, 1.82) is 0 Å². The lowest BCUT2D eigenvalue weighted by atomic mass is 9.84. The first-order valence-corrected chi connectivity index (χ1v) is 9.22. The predicted octanol–water partition coefficient (Wildman–Crippen LogP) is 3.65. The van der Waals surface area contributed by atoms with Gasteiger partial charge in [-0.15, -0.1) is 0 Å². The molecular weight excluding hydrogens is 326 g/mol. The fourth-order valence-corrected chi connectivity index (χ4v) is 3.97. The molecule has 0 spiro atoms. The number of carbonyl (C=O) groups is 1. The number of piperidine rings is 1. The van der Waals surface area contributed by atoms with Gasteiger partial charge in [0.2, 0.25) is 0 Å². The number of esters is 1. The summed E-state index contributed by atoms with van der Waals surface area (Å²) in [5, 5.41) is 9.76. The van der Waals surface area contributed by atoms with Gasteiger partial charge in [0.25, 0.3) is 0 Å². The number of aliphatic hydroxyl groups excluding tert-OH is 1. The Labute approximate surface area is 155 Å². The number of hydrogen-bond donors (Lipinski definition) is 1. The van der Waals surface area contributed by atoms with Crippen LogP contribution in [0, 0.1) is 6.92 Å². The number of hydrogen-bond acceptors (Lipinski definition) is 4. The first kappa shape index (κ1) is 18.6. The Morgan fingerprint density at radius 3 is 2.46 bits per heavy atom. The first-order chi connectivity index (χ1) is 12.6. The van der Waals surface area contributed by atoms with E-state index in [1.165, 1.54) is 18.2 Å². The van der Waals surface area contributed by atoms with Crippen molar-refractivity contribution in [3.05, 3.63) is 70.3 Å². The van der Waals surface area contributed by atoms with Crippen LogP contribution in [-0.2, 0) is 17.9 Å². The molecule has 0 aromatic heterocycles. The van der Waals surface area contributed by atoms with Crippen LogP contribution in [-0.4, -0.2) is 36.2 Å². The second-order valence-corrected chi connectivity index (χ2v) is 6.99. The maximum atomic E-state index is 11.9. The minimum Gasteiger partial charge on any atom is -0.465 e. The number of carbonyl (C=O) groups excluding carboxylic acids is 1. The monoisotopic (exact) mass is 353 g/mol. The second-order valence-electron chi connectivity index (χ2n) is 6.99. The Bertz CT molecular complexity index is 749. The molecular formula is C22H27NO3. The Kier molecular flexibility index (Phi) is 6.07. The number of aliphatic hydroxyl groups is 1. The zero-order valence-electron chi connectivity index (χ0n) is 15.6. The molecule has 1 aliphatic rings. The summed E-state index contributed by atoms with van der Waals surface area (Å²) in [6, 6.07) is 14.4. The van der Waals surface area contributed by atoms with E-state index in [2.05, 4.69) is 35.2 Å². The van der Waals surface area contributed by atoms with Crippen molar-refractivity contribution in [1.82, 2.24) is 4.90 Å². The van der Waals surface area contributed by atoms with E-state index < -0.39 is 0 Å². The van der Waals surface area contributed by atoms with Crippen LogP contribution in [0.1, 0.15) is 51.4 Å². The van der Waals surface area contributed by atoms with E-state index in [1.807, 2.05) is 13.0 Å². The van der Waals surface area contributed by atoms with Crippen LogP contribution < -0.4 is 0 Å². The number of nitrogens with zero attached hydrogens (tertiary/aromatic N) is 1.